The maximum absolute atomic E-state index is 13.5. The molecule has 2 heterocycles. The van der Waals surface area contributed by atoms with Gasteiger partial charge >= 0.3 is 0 Å². The molecule has 1 N–H and O–H groups in total. The van der Waals surface area contributed by atoms with E-state index in [9.17, 15) is 4.39 Å². The molecule has 0 spiro atoms. The van der Waals surface area contributed by atoms with Crippen LogP contribution < -0.4 is 5.32 Å². The minimum atomic E-state index is -0.312. The van der Waals surface area contributed by atoms with E-state index in [1.165, 1.54) is 12.1 Å². The number of rotatable bonds is 4. The van der Waals surface area contributed by atoms with Crippen LogP contribution in [0, 0.1) is 5.82 Å². The molecule has 0 saturated carbocycles. The predicted molar refractivity (Wildman–Crippen MR) is 108 cm³/mol. The van der Waals surface area contributed by atoms with Gasteiger partial charge in [0, 0.05) is 35.1 Å². The largest absolute Gasteiger partial charge is 0.339 e. The normalized spacial score (nSPS) is 11.1. The van der Waals surface area contributed by atoms with Crippen molar-refractivity contribution in [2.75, 3.05) is 5.32 Å². The van der Waals surface area contributed by atoms with Crippen LogP contribution in [-0.2, 0) is 6.54 Å². The lowest BCUT2D eigenvalue weighted by Gasteiger charge is -2.10. The van der Waals surface area contributed by atoms with Gasteiger partial charge < -0.3 is 9.88 Å². The number of nitrogens with zero attached hydrogens (tertiary/aromatic N) is 3. The highest BCUT2D eigenvalue weighted by Gasteiger charge is 2.14. The zero-order valence-corrected chi connectivity index (χ0v) is 15.9. The molecule has 0 radical (unpaired) electrons. The molecule has 0 aliphatic rings. The molecule has 7 heteroatoms. The van der Waals surface area contributed by atoms with E-state index in [-0.39, 0.29) is 5.82 Å². The number of aryl methyl sites for hydroxylation is 1. The maximum atomic E-state index is 13.5. The van der Waals surface area contributed by atoms with E-state index < -0.39 is 0 Å². The Morgan fingerprint density at radius 2 is 1.85 bits per heavy atom. The standard InChI is InChI=1S/C20H15Cl2FN4/c1-2-27-18-8-5-14(23)10-17(18)26-20(27)12-9-16(22)19(24-11-12)25-15-6-3-13(21)4-7-15/h3-11H,2H2,1H3,(H,24,25). The van der Waals surface area contributed by atoms with Gasteiger partial charge in [-0.3, -0.25) is 0 Å². The van der Waals surface area contributed by atoms with E-state index >= 15 is 0 Å². The Morgan fingerprint density at radius 1 is 1.07 bits per heavy atom. The molecule has 2 aromatic heterocycles. The molecule has 0 fully saturated rings. The summed E-state index contributed by atoms with van der Waals surface area (Å²) >= 11 is 12.3. The third-order valence-corrected chi connectivity index (χ3v) is 4.77. The number of halogens is 3. The Bertz CT molecular complexity index is 1120. The summed E-state index contributed by atoms with van der Waals surface area (Å²) in [7, 11) is 0. The second-order valence-electron chi connectivity index (χ2n) is 6.00. The monoisotopic (exact) mass is 400 g/mol. The zero-order chi connectivity index (χ0) is 19.0. The van der Waals surface area contributed by atoms with Gasteiger partial charge in [-0.15, -0.1) is 0 Å². The van der Waals surface area contributed by atoms with Crippen LogP contribution in [0.15, 0.2) is 54.7 Å². The van der Waals surface area contributed by atoms with Crippen molar-refractivity contribution >= 4 is 45.7 Å². The minimum absolute atomic E-state index is 0.312. The quantitative estimate of drug-likeness (QED) is 0.436. The lowest BCUT2D eigenvalue weighted by atomic mass is 10.2. The van der Waals surface area contributed by atoms with Crippen molar-refractivity contribution in [3.8, 4) is 11.4 Å². The second-order valence-corrected chi connectivity index (χ2v) is 6.84. The van der Waals surface area contributed by atoms with Crippen LogP contribution in [-0.4, -0.2) is 14.5 Å². The molecule has 0 bridgehead atoms. The number of hydrogen-bond donors (Lipinski definition) is 1. The van der Waals surface area contributed by atoms with E-state index in [1.54, 1.807) is 30.5 Å². The van der Waals surface area contributed by atoms with Crippen molar-refractivity contribution in [3.05, 3.63) is 70.6 Å². The summed E-state index contributed by atoms with van der Waals surface area (Å²) in [6.07, 6.45) is 1.70. The van der Waals surface area contributed by atoms with Crippen LogP contribution in [0.5, 0.6) is 0 Å². The molecule has 0 atom stereocenters. The van der Waals surface area contributed by atoms with Crippen molar-refractivity contribution in [3.63, 3.8) is 0 Å². The molecular weight excluding hydrogens is 386 g/mol. The number of fused-ring (bicyclic) bond motifs is 1. The lowest BCUT2D eigenvalue weighted by molar-refractivity contribution is 0.629. The zero-order valence-electron chi connectivity index (χ0n) is 14.4. The van der Waals surface area contributed by atoms with Crippen LogP contribution in [0.3, 0.4) is 0 Å². The first-order valence-corrected chi connectivity index (χ1v) is 9.15. The summed E-state index contributed by atoms with van der Waals surface area (Å²) < 4.78 is 15.5. The van der Waals surface area contributed by atoms with Crippen molar-refractivity contribution in [2.45, 2.75) is 13.5 Å². The molecule has 27 heavy (non-hydrogen) atoms. The van der Waals surface area contributed by atoms with Crippen molar-refractivity contribution in [1.82, 2.24) is 14.5 Å². The second kappa shape index (κ2) is 7.18. The maximum Gasteiger partial charge on any atom is 0.149 e. The van der Waals surface area contributed by atoms with E-state index in [2.05, 4.69) is 15.3 Å². The molecule has 4 rings (SSSR count). The van der Waals surface area contributed by atoms with E-state index in [4.69, 9.17) is 23.2 Å². The van der Waals surface area contributed by atoms with Gasteiger partial charge in [-0.2, -0.15) is 0 Å². The highest BCUT2D eigenvalue weighted by molar-refractivity contribution is 6.33. The average molecular weight is 401 g/mol. The first-order chi connectivity index (χ1) is 13.0. The third kappa shape index (κ3) is 3.48. The summed E-state index contributed by atoms with van der Waals surface area (Å²) in [6, 6.07) is 13.7. The van der Waals surface area contributed by atoms with Crippen LogP contribution >= 0.6 is 23.2 Å². The smallest absolute Gasteiger partial charge is 0.149 e. The number of nitrogens with one attached hydrogen (secondary N) is 1. The predicted octanol–water partition coefficient (Wildman–Crippen LogP) is 6.31. The molecule has 0 saturated heterocycles. The molecule has 0 aliphatic heterocycles. The van der Waals surface area contributed by atoms with Crippen LogP contribution in [0.4, 0.5) is 15.9 Å². The van der Waals surface area contributed by atoms with E-state index in [1.807, 2.05) is 23.6 Å². The number of hydrogen-bond acceptors (Lipinski definition) is 3. The van der Waals surface area contributed by atoms with Crippen molar-refractivity contribution in [2.24, 2.45) is 0 Å². The Balaban J connectivity index is 1.72. The van der Waals surface area contributed by atoms with Crippen molar-refractivity contribution in [1.29, 1.82) is 0 Å². The highest BCUT2D eigenvalue weighted by atomic mass is 35.5. The first-order valence-electron chi connectivity index (χ1n) is 8.39. The minimum Gasteiger partial charge on any atom is -0.339 e. The number of imidazole rings is 1. The van der Waals surface area contributed by atoms with Gasteiger partial charge in [0.05, 0.1) is 16.1 Å². The summed E-state index contributed by atoms with van der Waals surface area (Å²) in [5.41, 5.74) is 3.07. The third-order valence-electron chi connectivity index (χ3n) is 4.23. The molecule has 0 unspecified atom stereocenters. The molecule has 4 nitrogen and oxygen atoms in total. The number of pyridine rings is 1. The molecular formula is C20H15Cl2FN4. The summed E-state index contributed by atoms with van der Waals surface area (Å²) in [4.78, 5) is 9.00. The van der Waals surface area contributed by atoms with Gasteiger partial charge in [0.2, 0.25) is 0 Å². The fraction of sp³-hybridized carbons (Fsp3) is 0.100. The van der Waals surface area contributed by atoms with Gasteiger partial charge in [-0.1, -0.05) is 23.2 Å². The Hall–Kier alpha value is -2.63. The molecule has 0 aliphatic carbocycles. The van der Waals surface area contributed by atoms with Gasteiger partial charge in [0.15, 0.2) is 0 Å². The topological polar surface area (TPSA) is 42.7 Å². The van der Waals surface area contributed by atoms with Crippen LogP contribution in [0.2, 0.25) is 10.0 Å². The van der Waals surface area contributed by atoms with E-state index in [0.717, 1.165) is 16.8 Å². The number of anilines is 2. The highest BCUT2D eigenvalue weighted by Crippen LogP contribution is 2.30. The molecule has 4 aromatic rings. The lowest BCUT2D eigenvalue weighted by Crippen LogP contribution is -1.99. The summed E-state index contributed by atoms with van der Waals surface area (Å²) in [5, 5.41) is 4.28. The fourth-order valence-electron chi connectivity index (χ4n) is 2.97. The van der Waals surface area contributed by atoms with Gasteiger partial charge in [-0.25, -0.2) is 14.4 Å². The number of benzene rings is 2. The number of aromatic nitrogens is 3. The molecule has 0 amide bonds. The van der Waals surface area contributed by atoms with Gasteiger partial charge in [-0.05, 0) is 49.4 Å². The van der Waals surface area contributed by atoms with Crippen LogP contribution in [0.25, 0.3) is 22.4 Å². The first kappa shape index (κ1) is 17.8. The average Bonchev–Trinajstić information content (AvgIpc) is 3.02. The molecule has 136 valence electrons. The summed E-state index contributed by atoms with van der Waals surface area (Å²) in [5.74, 6) is 0.923. The fourth-order valence-corrected chi connectivity index (χ4v) is 3.31. The van der Waals surface area contributed by atoms with Crippen LogP contribution in [0.1, 0.15) is 6.92 Å². The Labute approximate surface area is 165 Å². The van der Waals surface area contributed by atoms with E-state index in [0.29, 0.717) is 33.7 Å². The van der Waals surface area contributed by atoms with Gasteiger partial charge in [0.1, 0.15) is 17.5 Å². The van der Waals surface area contributed by atoms with Gasteiger partial charge in [0.25, 0.3) is 0 Å². The Kier molecular flexibility index (Phi) is 4.72. The van der Waals surface area contributed by atoms with Crippen molar-refractivity contribution < 1.29 is 4.39 Å². The Morgan fingerprint density at radius 3 is 2.56 bits per heavy atom. The SMILES string of the molecule is CCn1c(-c2cnc(Nc3ccc(Cl)cc3)c(Cl)c2)nc2cc(F)ccc21. The molecule has 2 aromatic carbocycles. The summed E-state index contributed by atoms with van der Waals surface area (Å²) in [6.45, 7) is 2.71.